The lowest BCUT2D eigenvalue weighted by Crippen LogP contribution is -2.16. The van der Waals surface area contributed by atoms with Gasteiger partial charge < -0.3 is 10.6 Å². The van der Waals surface area contributed by atoms with Gasteiger partial charge in [0.2, 0.25) is 5.91 Å². The Hall–Kier alpha value is -0.570. The number of rotatable bonds is 3. The van der Waals surface area contributed by atoms with Gasteiger partial charge in [-0.3, -0.25) is 4.79 Å². The van der Waals surface area contributed by atoms with Crippen molar-refractivity contribution in [1.82, 2.24) is 4.90 Å². The Morgan fingerprint density at radius 2 is 2.25 bits per heavy atom. The third kappa shape index (κ3) is 5.43. The lowest BCUT2D eigenvalue weighted by Gasteiger charge is -2.04. The number of hydrogen-bond acceptors (Lipinski definition) is 2. The lowest BCUT2D eigenvalue weighted by atomic mass is 10.4. The topological polar surface area (TPSA) is 46.3 Å². The predicted molar refractivity (Wildman–Crippen MR) is 31.8 cm³/mol. The molecular formula is C5H11N2O. The zero-order valence-corrected chi connectivity index (χ0v) is 5.22. The highest BCUT2D eigenvalue weighted by atomic mass is 16.1. The minimum absolute atomic E-state index is 0.293. The molecule has 0 rings (SSSR count). The molecule has 0 saturated carbocycles. The molecule has 0 saturated heterocycles. The van der Waals surface area contributed by atoms with Gasteiger partial charge in [-0.1, -0.05) is 0 Å². The SMILES string of the molecule is CN(C)[CH]CC(N)=O. The molecule has 3 heteroatoms. The molecule has 0 aromatic carbocycles. The minimum atomic E-state index is -0.293. The van der Waals surface area contributed by atoms with Gasteiger partial charge >= 0.3 is 0 Å². The van der Waals surface area contributed by atoms with Crippen molar-refractivity contribution in [3.63, 3.8) is 0 Å². The van der Waals surface area contributed by atoms with Crippen molar-refractivity contribution in [2.24, 2.45) is 5.73 Å². The van der Waals surface area contributed by atoms with E-state index in [0.717, 1.165) is 0 Å². The van der Waals surface area contributed by atoms with Crippen molar-refractivity contribution in [3.8, 4) is 0 Å². The van der Waals surface area contributed by atoms with Crippen LogP contribution in [0.3, 0.4) is 0 Å². The first kappa shape index (κ1) is 7.43. The van der Waals surface area contributed by atoms with Crippen molar-refractivity contribution in [3.05, 3.63) is 6.54 Å². The smallest absolute Gasteiger partial charge is 0.219 e. The molecule has 1 radical (unpaired) electrons. The molecule has 0 unspecified atom stereocenters. The van der Waals surface area contributed by atoms with Crippen LogP contribution in [0.1, 0.15) is 6.42 Å². The van der Waals surface area contributed by atoms with Crippen LogP contribution in [-0.2, 0) is 4.79 Å². The van der Waals surface area contributed by atoms with Crippen molar-refractivity contribution < 1.29 is 4.79 Å². The van der Waals surface area contributed by atoms with Crippen LogP contribution in [0, 0.1) is 6.54 Å². The number of carbonyl (C=O) groups is 1. The average Bonchev–Trinajstić information content (AvgIpc) is 1.61. The van der Waals surface area contributed by atoms with Crippen LogP contribution in [-0.4, -0.2) is 24.9 Å². The highest BCUT2D eigenvalue weighted by Gasteiger charge is 1.93. The van der Waals surface area contributed by atoms with E-state index in [1.54, 1.807) is 11.4 Å². The fourth-order valence-corrected chi connectivity index (χ4v) is 0.273. The first-order valence-corrected chi connectivity index (χ1v) is 2.41. The van der Waals surface area contributed by atoms with Crippen molar-refractivity contribution in [2.75, 3.05) is 14.1 Å². The van der Waals surface area contributed by atoms with Gasteiger partial charge in [-0.15, -0.1) is 0 Å². The fraction of sp³-hybridized carbons (Fsp3) is 0.600. The maximum absolute atomic E-state index is 10.1. The van der Waals surface area contributed by atoms with Gasteiger partial charge in [0.05, 0.1) is 0 Å². The van der Waals surface area contributed by atoms with Gasteiger partial charge in [0.15, 0.2) is 0 Å². The highest BCUT2D eigenvalue weighted by molar-refractivity contribution is 5.74. The van der Waals surface area contributed by atoms with Crippen LogP contribution in [0.4, 0.5) is 0 Å². The van der Waals surface area contributed by atoms with E-state index in [0.29, 0.717) is 6.42 Å². The van der Waals surface area contributed by atoms with Crippen LogP contribution >= 0.6 is 0 Å². The number of carbonyl (C=O) groups excluding carboxylic acids is 1. The Morgan fingerprint density at radius 1 is 1.75 bits per heavy atom. The number of amides is 1. The molecule has 0 spiro atoms. The predicted octanol–water partition coefficient (Wildman–Crippen LogP) is -0.415. The summed E-state index contributed by atoms with van der Waals surface area (Å²) >= 11 is 0. The van der Waals surface area contributed by atoms with Crippen LogP contribution in [0.15, 0.2) is 0 Å². The molecule has 47 valence electrons. The molecule has 2 N–H and O–H groups in total. The van der Waals surface area contributed by atoms with Crippen LogP contribution in [0.25, 0.3) is 0 Å². The van der Waals surface area contributed by atoms with E-state index in [1.807, 2.05) is 14.1 Å². The summed E-state index contributed by atoms with van der Waals surface area (Å²) in [6.45, 7) is 1.72. The van der Waals surface area contributed by atoms with Gasteiger partial charge in [-0.25, -0.2) is 0 Å². The molecule has 0 aliphatic carbocycles. The Labute approximate surface area is 49.5 Å². The normalized spacial score (nSPS) is 9.88. The van der Waals surface area contributed by atoms with E-state index in [9.17, 15) is 4.79 Å². The molecule has 0 aliphatic heterocycles. The second kappa shape index (κ2) is 3.43. The quantitative estimate of drug-likeness (QED) is 0.543. The molecule has 0 atom stereocenters. The molecule has 0 bridgehead atoms. The summed E-state index contributed by atoms with van der Waals surface area (Å²) in [6, 6.07) is 0. The Kier molecular flexibility index (Phi) is 3.19. The Bertz CT molecular complexity index is 80.5. The number of nitrogens with two attached hydrogens (primary N) is 1. The maximum Gasteiger partial charge on any atom is 0.219 e. The second-order valence-electron chi connectivity index (χ2n) is 1.82. The van der Waals surface area contributed by atoms with E-state index >= 15 is 0 Å². The average molecular weight is 115 g/mol. The van der Waals surface area contributed by atoms with Gasteiger partial charge in [-0.2, -0.15) is 0 Å². The van der Waals surface area contributed by atoms with Crippen molar-refractivity contribution >= 4 is 5.91 Å². The Balaban J connectivity index is 3.05. The summed E-state index contributed by atoms with van der Waals surface area (Å²) in [5, 5.41) is 0. The van der Waals surface area contributed by atoms with Crippen LogP contribution < -0.4 is 5.73 Å². The van der Waals surface area contributed by atoms with E-state index in [-0.39, 0.29) is 5.91 Å². The van der Waals surface area contributed by atoms with Crippen molar-refractivity contribution in [1.29, 1.82) is 0 Å². The maximum atomic E-state index is 10.1. The summed E-state index contributed by atoms with van der Waals surface area (Å²) in [6.07, 6.45) is 0.326. The molecule has 0 fully saturated rings. The molecule has 8 heavy (non-hydrogen) atoms. The molecular weight excluding hydrogens is 104 g/mol. The van der Waals surface area contributed by atoms with Gasteiger partial charge in [0, 0.05) is 13.0 Å². The number of hydrogen-bond donors (Lipinski definition) is 1. The van der Waals surface area contributed by atoms with Crippen molar-refractivity contribution in [2.45, 2.75) is 6.42 Å². The summed E-state index contributed by atoms with van der Waals surface area (Å²) < 4.78 is 0. The minimum Gasteiger partial charge on any atom is -0.370 e. The summed E-state index contributed by atoms with van der Waals surface area (Å²) in [7, 11) is 3.70. The largest absolute Gasteiger partial charge is 0.370 e. The summed E-state index contributed by atoms with van der Waals surface area (Å²) in [4.78, 5) is 11.9. The molecule has 0 aliphatic rings. The Morgan fingerprint density at radius 3 is 2.38 bits per heavy atom. The molecule has 3 nitrogen and oxygen atoms in total. The molecule has 1 amide bonds. The second-order valence-corrected chi connectivity index (χ2v) is 1.82. The van der Waals surface area contributed by atoms with Gasteiger partial charge in [-0.05, 0) is 14.1 Å². The zero-order chi connectivity index (χ0) is 6.57. The highest BCUT2D eigenvalue weighted by Crippen LogP contribution is 1.86. The first-order chi connectivity index (χ1) is 3.63. The van der Waals surface area contributed by atoms with Gasteiger partial charge in [0.25, 0.3) is 0 Å². The zero-order valence-electron chi connectivity index (χ0n) is 5.22. The van der Waals surface area contributed by atoms with Gasteiger partial charge in [0.1, 0.15) is 0 Å². The van der Waals surface area contributed by atoms with E-state index in [4.69, 9.17) is 5.73 Å². The lowest BCUT2D eigenvalue weighted by molar-refractivity contribution is -0.117. The van der Waals surface area contributed by atoms with E-state index in [1.165, 1.54) is 0 Å². The number of primary amides is 1. The third-order valence-electron chi connectivity index (χ3n) is 0.658. The summed E-state index contributed by atoms with van der Waals surface area (Å²) in [5.74, 6) is -0.293. The van der Waals surface area contributed by atoms with Crippen LogP contribution in [0.5, 0.6) is 0 Å². The monoisotopic (exact) mass is 115 g/mol. The standard InChI is InChI=1S/C5H11N2O/c1-7(2)4-3-5(6)8/h4H,3H2,1-2H3,(H2,6,8). The van der Waals surface area contributed by atoms with E-state index in [2.05, 4.69) is 0 Å². The summed E-state index contributed by atoms with van der Waals surface area (Å²) in [5.41, 5.74) is 4.84. The van der Waals surface area contributed by atoms with Crippen LogP contribution in [0.2, 0.25) is 0 Å². The fourth-order valence-electron chi connectivity index (χ4n) is 0.273. The third-order valence-corrected chi connectivity index (χ3v) is 0.658. The number of nitrogens with zero attached hydrogens (tertiary/aromatic N) is 1. The molecule has 0 aromatic heterocycles. The molecule has 0 heterocycles. The first-order valence-electron chi connectivity index (χ1n) is 2.41. The van der Waals surface area contributed by atoms with E-state index < -0.39 is 0 Å². The molecule has 0 aromatic rings.